The summed E-state index contributed by atoms with van der Waals surface area (Å²) in [5, 5.41) is 0. The van der Waals surface area contributed by atoms with E-state index in [1.807, 2.05) is 17.2 Å². The normalized spacial score (nSPS) is 23.5. The molecule has 0 unspecified atom stereocenters. The van der Waals surface area contributed by atoms with Crippen molar-refractivity contribution in [2.45, 2.75) is 19.0 Å². The molecule has 2 aromatic rings. The quantitative estimate of drug-likeness (QED) is 0.865. The molecule has 24 heavy (non-hydrogen) atoms. The maximum Gasteiger partial charge on any atom is 0.272 e. The number of piperidine rings is 1. The van der Waals surface area contributed by atoms with Gasteiger partial charge in [-0.3, -0.25) is 14.7 Å². The van der Waals surface area contributed by atoms with Crippen LogP contribution < -0.4 is 0 Å². The number of halogens is 1. The van der Waals surface area contributed by atoms with Crippen molar-refractivity contribution in [3.05, 3.63) is 59.9 Å². The fourth-order valence-corrected chi connectivity index (χ4v) is 3.66. The summed E-state index contributed by atoms with van der Waals surface area (Å²) in [6.45, 7) is 3.41. The third-order valence-electron chi connectivity index (χ3n) is 5.00. The monoisotopic (exact) mass is 326 g/mol. The summed E-state index contributed by atoms with van der Waals surface area (Å²) < 4.78 is 13.0. The third-order valence-corrected chi connectivity index (χ3v) is 5.00. The molecule has 2 aromatic heterocycles. The van der Waals surface area contributed by atoms with Gasteiger partial charge in [0.05, 0.1) is 6.20 Å². The number of carbonyl (C=O) groups is 1. The number of likely N-dealkylation sites (tertiary alicyclic amines) is 2. The molecule has 0 aliphatic carbocycles. The van der Waals surface area contributed by atoms with Crippen molar-refractivity contribution >= 4 is 5.91 Å². The summed E-state index contributed by atoms with van der Waals surface area (Å²) in [6.07, 6.45) is 5.78. The first-order valence-corrected chi connectivity index (χ1v) is 8.24. The van der Waals surface area contributed by atoms with E-state index >= 15 is 0 Å². The number of carbonyl (C=O) groups excluding carboxylic acids is 1. The second kappa shape index (κ2) is 6.28. The Kier molecular flexibility index (Phi) is 3.98. The number of hydrogen-bond acceptors (Lipinski definition) is 4. The molecule has 0 N–H and O–H groups in total. The van der Waals surface area contributed by atoms with Crippen molar-refractivity contribution in [2.75, 3.05) is 19.6 Å². The van der Waals surface area contributed by atoms with Gasteiger partial charge in [-0.05, 0) is 36.1 Å². The lowest BCUT2D eigenvalue weighted by molar-refractivity contribution is -0.0429. The lowest BCUT2D eigenvalue weighted by Crippen LogP contribution is -2.64. The lowest BCUT2D eigenvalue weighted by Gasteiger charge is -2.53. The molecular formula is C18H19FN4O. The van der Waals surface area contributed by atoms with E-state index in [2.05, 4.69) is 20.9 Å². The van der Waals surface area contributed by atoms with Crippen LogP contribution in [0, 0.1) is 11.7 Å². The molecule has 2 aliphatic heterocycles. The van der Waals surface area contributed by atoms with Gasteiger partial charge in [-0.15, -0.1) is 0 Å². The fraction of sp³-hybridized carbons (Fsp3) is 0.389. The molecule has 1 amide bonds. The second-order valence-electron chi connectivity index (χ2n) is 6.52. The molecule has 0 radical (unpaired) electrons. The third kappa shape index (κ3) is 2.89. The molecule has 2 saturated heterocycles. The van der Waals surface area contributed by atoms with Crippen LogP contribution >= 0.6 is 0 Å². The Labute approximate surface area is 140 Å². The Morgan fingerprint density at radius 1 is 1.25 bits per heavy atom. The van der Waals surface area contributed by atoms with Gasteiger partial charge in [0.1, 0.15) is 11.5 Å². The number of aromatic nitrogens is 2. The lowest BCUT2D eigenvalue weighted by atomic mass is 9.82. The molecule has 4 rings (SSSR count). The zero-order valence-electron chi connectivity index (χ0n) is 13.3. The van der Waals surface area contributed by atoms with Gasteiger partial charge in [0.15, 0.2) is 0 Å². The van der Waals surface area contributed by atoms with Crippen LogP contribution in [-0.4, -0.2) is 51.4 Å². The minimum absolute atomic E-state index is 0.110. The number of hydrogen-bond donors (Lipinski definition) is 0. The first kappa shape index (κ1) is 15.2. The predicted octanol–water partition coefficient (Wildman–Crippen LogP) is 1.96. The SMILES string of the molecule is O=C(c1ccc(F)cn1)N1CC[C@@H]2CN(Cc3cccnc3)[C@@H]2C1. The van der Waals surface area contributed by atoms with E-state index in [4.69, 9.17) is 0 Å². The highest BCUT2D eigenvalue weighted by molar-refractivity contribution is 5.92. The van der Waals surface area contributed by atoms with Crippen LogP contribution in [0.3, 0.4) is 0 Å². The number of rotatable bonds is 3. The van der Waals surface area contributed by atoms with Crippen molar-refractivity contribution in [3.63, 3.8) is 0 Å². The van der Waals surface area contributed by atoms with Gasteiger partial charge in [0, 0.05) is 44.6 Å². The molecule has 0 spiro atoms. The van der Waals surface area contributed by atoms with Crippen molar-refractivity contribution in [1.29, 1.82) is 0 Å². The predicted molar refractivity (Wildman–Crippen MR) is 86.6 cm³/mol. The zero-order chi connectivity index (χ0) is 16.5. The van der Waals surface area contributed by atoms with Crippen LogP contribution in [0.1, 0.15) is 22.5 Å². The maximum atomic E-state index is 13.0. The first-order valence-electron chi connectivity index (χ1n) is 8.24. The summed E-state index contributed by atoms with van der Waals surface area (Å²) >= 11 is 0. The van der Waals surface area contributed by atoms with Crippen LogP contribution in [0.5, 0.6) is 0 Å². The van der Waals surface area contributed by atoms with Crippen LogP contribution in [-0.2, 0) is 6.54 Å². The topological polar surface area (TPSA) is 49.3 Å². The van der Waals surface area contributed by atoms with Crippen molar-refractivity contribution in [1.82, 2.24) is 19.8 Å². The number of nitrogens with zero attached hydrogens (tertiary/aromatic N) is 4. The summed E-state index contributed by atoms with van der Waals surface area (Å²) in [4.78, 5) is 24.9. The number of fused-ring (bicyclic) bond motifs is 1. The van der Waals surface area contributed by atoms with Gasteiger partial charge in [-0.1, -0.05) is 6.07 Å². The molecule has 2 atom stereocenters. The minimum atomic E-state index is -0.424. The Bertz CT molecular complexity index is 722. The Morgan fingerprint density at radius 2 is 2.17 bits per heavy atom. The molecule has 6 heteroatoms. The van der Waals surface area contributed by atoms with Crippen molar-refractivity contribution in [3.8, 4) is 0 Å². The van der Waals surface area contributed by atoms with Gasteiger partial charge >= 0.3 is 0 Å². The van der Waals surface area contributed by atoms with Crippen LogP contribution in [0.15, 0.2) is 42.9 Å². The maximum absolute atomic E-state index is 13.0. The van der Waals surface area contributed by atoms with Gasteiger partial charge in [0.25, 0.3) is 5.91 Å². The molecule has 2 aliphatic rings. The Morgan fingerprint density at radius 3 is 2.92 bits per heavy atom. The van der Waals surface area contributed by atoms with Gasteiger partial charge in [0.2, 0.25) is 0 Å². The fourth-order valence-electron chi connectivity index (χ4n) is 3.66. The molecule has 124 valence electrons. The molecule has 0 bridgehead atoms. The van der Waals surface area contributed by atoms with E-state index in [0.29, 0.717) is 24.2 Å². The van der Waals surface area contributed by atoms with Gasteiger partial charge < -0.3 is 4.90 Å². The summed E-state index contributed by atoms with van der Waals surface area (Å²) in [7, 11) is 0. The highest BCUT2D eigenvalue weighted by atomic mass is 19.1. The molecule has 4 heterocycles. The number of pyridine rings is 2. The van der Waals surface area contributed by atoms with E-state index < -0.39 is 5.82 Å². The zero-order valence-corrected chi connectivity index (χ0v) is 13.3. The molecule has 0 saturated carbocycles. The average Bonchev–Trinajstić information content (AvgIpc) is 2.61. The Balaban J connectivity index is 1.41. The van der Waals surface area contributed by atoms with Crippen LogP contribution in [0.4, 0.5) is 4.39 Å². The van der Waals surface area contributed by atoms with Crippen LogP contribution in [0.2, 0.25) is 0 Å². The minimum Gasteiger partial charge on any atom is -0.336 e. The molecule has 2 fully saturated rings. The van der Waals surface area contributed by atoms with Crippen molar-refractivity contribution < 1.29 is 9.18 Å². The van der Waals surface area contributed by atoms with Gasteiger partial charge in [-0.25, -0.2) is 9.37 Å². The highest BCUT2D eigenvalue weighted by Gasteiger charge is 2.43. The molecule has 0 aromatic carbocycles. The summed E-state index contributed by atoms with van der Waals surface area (Å²) in [5.74, 6) is 0.125. The van der Waals surface area contributed by atoms with Crippen LogP contribution in [0.25, 0.3) is 0 Å². The van der Waals surface area contributed by atoms with E-state index in [1.54, 1.807) is 6.20 Å². The second-order valence-corrected chi connectivity index (χ2v) is 6.52. The van der Waals surface area contributed by atoms with E-state index in [0.717, 1.165) is 32.3 Å². The van der Waals surface area contributed by atoms with Crippen molar-refractivity contribution in [2.24, 2.45) is 5.92 Å². The highest BCUT2D eigenvalue weighted by Crippen LogP contribution is 2.33. The first-order chi connectivity index (χ1) is 11.7. The molecular weight excluding hydrogens is 307 g/mol. The number of amides is 1. The summed E-state index contributed by atoms with van der Waals surface area (Å²) in [5.41, 5.74) is 1.51. The largest absolute Gasteiger partial charge is 0.336 e. The standard InChI is InChI=1S/C18H19FN4O/c19-15-3-4-16(21-9-15)18(24)22-7-5-14-11-23(17(14)12-22)10-13-2-1-6-20-8-13/h1-4,6,8-9,14,17H,5,7,10-12H2/t14-,17-/m1/s1. The van der Waals surface area contributed by atoms with E-state index in [1.165, 1.54) is 17.7 Å². The average molecular weight is 326 g/mol. The Hall–Kier alpha value is -2.34. The summed E-state index contributed by atoms with van der Waals surface area (Å²) in [6, 6.07) is 7.16. The molecule has 5 nitrogen and oxygen atoms in total. The van der Waals surface area contributed by atoms with E-state index in [9.17, 15) is 9.18 Å². The smallest absolute Gasteiger partial charge is 0.272 e. The van der Waals surface area contributed by atoms with E-state index in [-0.39, 0.29) is 5.91 Å². The van der Waals surface area contributed by atoms with Gasteiger partial charge in [-0.2, -0.15) is 0 Å².